The van der Waals surface area contributed by atoms with Crippen molar-refractivity contribution in [2.75, 3.05) is 20.8 Å². The van der Waals surface area contributed by atoms with Gasteiger partial charge in [0.05, 0.1) is 14.2 Å². The molecule has 5 heteroatoms. The molecule has 5 nitrogen and oxygen atoms in total. The largest absolute Gasteiger partial charge is 0.493 e. The average molecular weight is 306 g/mol. The minimum absolute atomic E-state index is 0.00390. The van der Waals surface area contributed by atoms with Gasteiger partial charge in [-0.3, -0.25) is 4.79 Å². The minimum atomic E-state index is -0.448. The maximum Gasteiger partial charge on any atom is 0.330 e. The molecular weight excluding hydrogens is 284 g/mol. The number of rotatable bonds is 6. The third-order valence-corrected chi connectivity index (χ3v) is 3.00. The molecule has 0 aromatic heterocycles. The molecule has 0 spiro atoms. The molecule has 0 radical (unpaired) electrons. The van der Waals surface area contributed by atoms with Crippen molar-refractivity contribution in [2.24, 2.45) is 5.41 Å². The van der Waals surface area contributed by atoms with Crippen molar-refractivity contribution in [3.63, 3.8) is 0 Å². The Morgan fingerprint density at radius 1 is 1.14 bits per heavy atom. The third kappa shape index (κ3) is 5.24. The number of carbonyl (C=O) groups is 2. The van der Waals surface area contributed by atoms with Crippen molar-refractivity contribution in [1.29, 1.82) is 0 Å². The lowest BCUT2D eigenvalue weighted by atomic mass is 9.91. The molecule has 0 bridgehead atoms. The lowest BCUT2D eigenvalue weighted by molar-refractivity contribution is -0.134. The molecule has 1 aromatic rings. The van der Waals surface area contributed by atoms with Crippen LogP contribution in [0.25, 0.3) is 6.08 Å². The van der Waals surface area contributed by atoms with E-state index in [0.29, 0.717) is 11.5 Å². The summed E-state index contributed by atoms with van der Waals surface area (Å²) in [5.41, 5.74) is 0.313. The van der Waals surface area contributed by atoms with E-state index in [1.54, 1.807) is 24.3 Å². The fourth-order valence-corrected chi connectivity index (χ4v) is 1.50. The monoisotopic (exact) mass is 306 g/mol. The summed E-state index contributed by atoms with van der Waals surface area (Å²) >= 11 is 0. The first-order chi connectivity index (χ1) is 10.3. The van der Waals surface area contributed by atoms with Gasteiger partial charge in [-0.2, -0.15) is 0 Å². The van der Waals surface area contributed by atoms with Gasteiger partial charge in [-0.15, -0.1) is 0 Å². The van der Waals surface area contributed by atoms with E-state index >= 15 is 0 Å². The van der Waals surface area contributed by atoms with Gasteiger partial charge in [0.25, 0.3) is 0 Å². The number of carbonyl (C=O) groups excluding carboxylic acids is 2. The Bertz CT molecular complexity index is 567. The fourth-order valence-electron chi connectivity index (χ4n) is 1.50. The minimum Gasteiger partial charge on any atom is -0.493 e. The zero-order chi connectivity index (χ0) is 16.8. The second-order valence-electron chi connectivity index (χ2n) is 5.73. The molecule has 0 aliphatic heterocycles. The highest BCUT2D eigenvalue weighted by Gasteiger charge is 2.22. The molecule has 0 heterocycles. The predicted octanol–water partition coefficient (Wildman–Crippen LogP) is 2.88. The topological polar surface area (TPSA) is 61.8 Å². The maximum atomic E-state index is 11.9. The molecule has 0 saturated carbocycles. The fraction of sp³-hybridized carbons (Fsp3) is 0.412. The van der Waals surface area contributed by atoms with E-state index in [4.69, 9.17) is 9.47 Å². The highest BCUT2D eigenvalue weighted by molar-refractivity contribution is 5.87. The number of esters is 1. The normalized spacial score (nSPS) is 11.3. The van der Waals surface area contributed by atoms with Gasteiger partial charge in [0.1, 0.15) is 6.61 Å². The Kier molecular flexibility index (Phi) is 6.16. The molecular formula is C17H22O5. The van der Waals surface area contributed by atoms with Crippen LogP contribution in [0.1, 0.15) is 26.3 Å². The van der Waals surface area contributed by atoms with Gasteiger partial charge in [-0.05, 0) is 23.8 Å². The third-order valence-electron chi connectivity index (χ3n) is 3.00. The van der Waals surface area contributed by atoms with Gasteiger partial charge in [0.2, 0.25) is 0 Å². The van der Waals surface area contributed by atoms with E-state index in [-0.39, 0.29) is 12.4 Å². The summed E-state index contributed by atoms with van der Waals surface area (Å²) in [6, 6.07) is 5.18. The van der Waals surface area contributed by atoms with E-state index < -0.39 is 11.4 Å². The molecule has 22 heavy (non-hydrogen) atoms. The Balaban J connectivity index is 2.83. The summed E-state index contributed by atoms with van der Waals surface area (Å²) in [6.45, 7) is 5.51. The van der Waals surface area contributed by atoms with Gasteiger partial charge in [-0.1, -0.05) is 26.8 Å². The van der Waals surface area contributed by atoms with Gasteiger partial charge < -0.3 is 14.2 Å². The van der Waals surface area contributed by atoms with Crippen LogP contribution in [0.4, 0.5) is 0 Å². The second-order valence-corrected chi connectivity index (χ2v) is 5.73. The maximum absolute atomic E-state index is 11.9. The number of hydrogen-bond donors (Lipinski definition) is 0. The van der Waals surface area contributed by atoms with E-state index in [1.165, 1.54) is 20.3 Å². The Hall–Kier alpha value is -2.30. The molecule has 120 valence electrons. The van der Waals surface area contributed by atoms with E-state index in [0.717, 1.165) is 5.56 Å². The SMILES string of the molecule is COC(=O)C=Cc1ccc(OCC(=O)C(C)(C)C)c(OC)c1. The van der Waals surface area contributed by atoms with Crippen LogP contribution in [0.3, 0.4) is 0 Å². The van der Waals surface area contributed by atoms with E-state index in [2.05, 4.69) is 4.74 Å². The number of ether oxygens (including phenoxy) is 3. The van der Waals surface area contributed by atoms with E-state index in [9.17, 15) is 9.59 Å². The van der Waals surface area contributed by atoms with Crippen molar-refractivity contribution >= 4 is 17.8 Å². The number of hydrogen-bond acceptors (Lipinski definition) is 5. The standard InChI is InChI=1S/C17H22O5/c1-17(2,3)15(18)11-22-13-8-6-12(10-14(13)20-4)7-9-16(19)21-5/h6-10H,11H2,1-5H3. The summed E-state index contributed by atoms with van der Waals surface area (Å²) in [6.07, 6.45) is 2.93. The highest BCUT2D eigenvalue weighted by Crippen LogP contribution is 2.29. The lowest BCUT2D eigenvalue weighted by Crippen LogP contribution is -2.26. The highest BCUT2D eigenvalue weighted by atomic mass is 16.5. The summed E-state index contributed by atoms with van der Waals surface area (Å²) in [5, 5.41) is 0. The van der Waals surface area contributed by atoms with Gasteiger partial charge >= 0.3 is 5.97 Å². The molecule has 0 fully saturated rings. The predicted molar refractivity (Wildman–Crippen MR) is 84.0 cm³/mol. The quantitative estimate of drug-likeness (QED) is 0.597. The Morgan fingerprint density at radius 2 is 1.82 bits per heavy atom. The summed E-state index contributed by atoms with van der Waals surface area (Å²) in [5.74, 6) is 0.545. The first kappa shape index (κ1) is 17.8. The van der Waals surface area contributed by atoms with Gasteiger partial charge in [0, 0.05) is 11.5 Å². The molecule has 0 aliphatic carbocycles. The van der Waals surface area contributed by atoms with Crippen LogP contribution in [0, 0.1) is 5.41 Å². The lowest BCUT2D eigenvalue weighted by Gasteiger charge is -2.17. The van der Waals surface area contributed by atoms with Crippen LogP contribution in [0.2, 0.25) is 0 Å². The summed E-state index contributed by atoms with van der Waals surface area (Å²) < 4.78 is 15.3. The first-order valence-electron chi connectivity index (χ1n) is 6.88. The first-order valence-corrected chi connectivity index (χ1v) is 6.88. The van der Waals surface area contributed by atoms with Crippen molar-refractivity contribution in [3.05, 3.63) is 29.8 Å². The Morgan fingerprint density at radius 3 is 2.36 bits per heavy atom. The van der Waals surface area contributed by atoms with Crippen molar-refractivity contribution < 1.29 is 23.8 Å². The molecule has 0 atom stereocenters. The molecule has 0 unspecified atom stereocenters. The number of Topliss-reactive ketones (excluding diaryl/α,β-unsaturated/α-hetero) is 1. The number of benzene rings is 1. The smallest absolute Gasteiger partial charge is 0.330 e. The van der Waals surface area contributed by atoms with E-state index in [1.807, 2.05) is 20.8 Å². The van der Waals surface area contributed by atoms with Crippen LogP contribution in [-0.2, 0) is 14.3 Å². The summed E-state index contributed by atoms with van der Waals surface area (Å²) in [7, 11) is 2.83. The van der Waals surface area contributed by atoms with Crippen LogP contribution >= 0.6 is 0 Å². The van der Waals surface area contributed by atoms with Gasteiger partial charge in [0.15, 0.2) is 17.3 Å². The molecule has 0 saturated heterocycles. The van der Waals surface area contributed by atoms with Crippen LogP contribution in [0.15, 0.2) is 24.3 Å². The Labute approximate surface area is 130 Å². The van der Waals surface area contributed by atoms with Crippen LogP contribution in [0.5, 0.6) is 11.5 Å². The zero-order valence-corrected chi connectivity index (χ0v) is 13.6. The van der Waals surface area contributed by atoms with Crippen LogP contribution < -0.4 is 9.47 Å². The zero-order valence-electron chi connectivity index (χ0n) is 13.6. The van der Waals surface area contributed by atoms with Crippen molar-refractivity contribution in [3.8, 4) is 11.5 Å². The second kappa shape index (κ2) is 7.64. The van der Waals surface area contributed by atoms with Crippen LogP contribution in [-0.4, -0.2) is 32.6 Å². The molecule has 0 aliphatic rings. The average Bonchev–Trinajstić information content (AvgIpc) is 2.49. The molecule has 1 rings (SSSR count). The molecule has 0 amide bonds. The van der Waals surface area contributed by atoms with Crippen molar-refractivity contribution in [1.82, 2.24) is 0 Å². The number of ketones is 1. The number of methoxy groups -OCH3 is 2. The molecule has 0 N–H and O–H groups in total. The van der Waals surface area contributed by atoms with Gasteiger partial charge in [-0.25, -0.2) is 4.79 Å². The van der Waals surface area contributed by atoms with Crippen molar-refractivity contribution in [2.45, 2.75) is 20.8 Å². The summed E-state index contributed by atoms with van der Waals surface area (Å²) in [4.78, 5) is 23.0. The molecule has 1 aromatic carbocycles.